The van der Waals surface area contributed by atoms with E-state index in [0.29, 0.717) is 12.3 Å². The first-order chi connectivity index (χ1) is 8.40. The molecule has 1 aromatic carbocycles. The number of rotatable bonds is 4. The smallest absolute Gasteiger partial charge is 0.123 e. The van der Waals surface area contributed by atoms with Gasteiger partial charge in [-0.25, -0.2) is 0 Å². The SMILES string of the molecule is N#CCc1ccccc1OCC1CCNCC1. The van der Waals surface area contributed by atoms with Gasteiger partial charge in [0.05, 0.1) is 19.1 Å². The Morgan fingerprint density at radius 1 is 1.29 bits per heavy atom. The zero-order valence-electron chi connectivity index (χ0n) is 9.98. The summed E-state index contributed by atoms with van der Waals surface area (Å²) in [6, 6.07) is 9.99. The second-order valence-corrected chi connectivity index (χ2v) is 4.45. The van der Waals surface area contributed by atoms with Crippen molar-refractivity contribution >= 4 is 0 Å². The standard InChI is InChI=1S/C14H18N2O/c15-8-5-13-3-1-2-4-14(13)17-11-12-6-9-16-10-7-12/h1-4,12,16H,5-7,9-11H2. The Bertz CT molecular complexity index is 391. The lowest BCUT2D eigenvalue weighted by Crippen LogP contribution is -2.30. The van der Waals surface area contributed by atoms with Gasteiger partial charge in [0.1, 0.15) is 5.75 Å². The van der Waals surface area contributed by atoms with E-state index in [9.17, 15) is 0 Å². The number of benzene rings is 1. The van der Waals surface area contributed by atoms with E-state index in [1.54, 1.807) is 0 Å². The zero-order valence-corrected chi connectivity index (χ0v) is 9.98. The maximum absolute atomic E-state index is 8.75. The van der Waals surface area contributed by atoms with E-state index in [1.165, 1.54) is 12.8 Å². The van der Waals surface area contributed by atoms with Gasteiger partial charge in [0.2, 0.25) is 0 Å². The predicted octanol–water partition coefficient (Wildman–Crippen LogP) is 2.13. The van der Waals surface area contributed by atoms with Crippen LogP contribution in [0.2, 0.25) is 0 Å². The number of hydrogen-bond acceptors (Lipinski definition) is 3. The van der Waals surface area contributed by atoms with E-state index in [2.05, 4.69) is 11.4 Å². The summed E-state index contributed by atoms with van der Waals surface area (Å²) < 4.78 is 5.85. The van der Waals surface area contributed by atoms with Crippen LogP contribution in [0.15, 0.2) is 24.3 Å². The fourth-order valence-electron chi connectivity index (χ4n) is 2.13. The summed E-state index contributed by atoms with van der Waals surface area (Å²) in [7, 11) is 0. The topological polar surface area (TPSA) is 45.0 Å². The van der Waals surface area contributed by atoms with Gasteiger partial charge in [-0.2, -0.15) is 5.26 Å². The molecule has 0 aliphatic carbocycles. The van der Waals surface area contributed by atoms with E-state index in [0.717, 1.165) is 31.0 Å². The summed E-state index contributed by atoms with van der Waals surface area (Å²) in [5.41, 5.74) is 0.990. The van der Waals surface area contributed by atoms with Crippen LogP contribution in [0.5, 0.6) is 5.75 Å². The van der Waals surface area contributed by atoms with Crippen LogP contribution in [-0.2, 0) is 6.42 Å². The summed E-state index contributed by atoms with van der Waals surface area (Å²) in [6.07, 6.45) is 2.78. The van der Waals surface area contributed by atoms with Crippen LogP contribution in [0.25, 0.3) is 0 Å². The Kier molecular flexibility index (Phi) is 4.40. The molecule has 0 spiro atoms. The second-order valence-electron chi connectivity index (χ2n) is 4.45. The highest BCUT2D eigenvalue weighted by atomic mass is 16.5. The first-order valence-electron chi connectivity index (χ1n) is 6.18. The van der Waals surface area contributed by atoms with Crippen molar-refractivity contribution in [3.05, 3.63) is 29.8 Å². The van der Waals surface area contributed by atoms with Crippen molar-refractivity contribution in [1.82, 2.24) is 5.32 Å². The molecule has 0 unspecified atom stereocenters. The maximum Gasteiger partial charge on any atom is 0.123 e. The Hall–Kier alpha value is -1.53. The summed E-state index contributed by atoms with van der Waals surface area (Å²) in [5, 5.41) is 12.1. The van der Waals surface area contributed by atoms with Crippen molar-refractivity contribution in [2.24, 2.45) is 5.92 Å². The van der Waals surface area contributed by atoms with Crippen LogP contribution < -0.4 is 10.1 Å². The summed E-state index contributed by atoms with van der Waals surface area (Å²) >= 11 is 0. The third-order valence-electron chi connectivity index (χ3n) is 3.18. The number of nitriles is 1. The number of nitrogens with one attached hydrogen (secondary N) is 1. The molecule has 1 saturated heterocycles. The van der Waals surface area contributed by atoms with Crippen molar-refractivity contribution in [3.63, 3.8) is 0 Å². The van der Waals surface area contributed by atoms with Gasteiger partial charge in [0.25, 0.3) is 0 Å². The first-order valence-corrected chi connectivity index (χ1v) is 6.18. The molecule has 0 radical (unpaired) electrons. The van der Waals surface area contributed by atoms with Gasteiger partial charge < -0.3 is 10.1 Å². The van der Waals surface area contributed by atoms with Crippen molar-refractivity contribution in [3.8, 4) is 11.8 Å². The second kappa shape index (κ2) is 6.27. The Balaban J connectivity index is 1.91. The third kappa shape index (κ3) is 3.47. The van der Waals surface area contributed by atoms with Gasteiger partial charge in [-0.1, -0.05) is 18.2 Å². The molecular formula is C14H18N2O. The third-order valence-corrected chi connectivity index (χ3v) is 3.18. The minimum absolute atomic E-state index is 0.419. The molecule has 0 bridgehead atoms. The monoisotopic (exact) mass is 230 g/mol. The van der Waals surface area contributed by atoms with E-state index >= 15 is 0 Å². The Morgan fingerprint density at radius 3 is 2.82 bits per heavy atom. The molecule has 17 heavy (non-hydrogen) atoms. The lowest BCUT2D eigenvalue weighted by molar-refractivity contribution is 0.214. The molecule has 1 aliphatic heterocycles. The van der Waals surface area contributed by atoms with Crippen LogP contribution in [-0.4, -0.2) is 19.7 Å². The minimum atomic E-state index is 0.419. The number of piperidine rings is 1. The van der Waals surface area contributed by atoms with Gasteiger partial charge in [0.15, 0.2) is 0 Å². The predicted molar refractivity (Wildman–Crippen MR) is 66.8 cm³/mol. The van der Waals surface area contributed by atoms with Gasteiger partial charge in [0, 0.05) is 5.56 Å². The number of nitrogens with zero attached hydrogens (tertiary/aromatic N) is 1. The highest BCUT2D eigenvalue weighted by molar-refractivity contribution is 5.35. The lowest BCUT2D eigenvalue weighted by atomic mass is 9.99. The van der Waals surface area contributed by atoms with Crippen molar-refractivity contribution in [2.75, 3.05) is 19.7 Å². The molecule has 1 fully saturated rings. The van der Waals surface area contributed by atoms with E-state index in [-0.39, 0.29) is 0 Å². The van der Waals surface area contributed by atoms with Crippen LogP contribution in [0.1, 0.15) is 18.4 Å². The van der Waals surface area contributed by atoms with Gasteiger partial charge in [-0.15, -0.1) is 0 Å². The molecule has 3 nitrogen and oxygen atoms in total. The lowest BCUT2D eigenvalue weighted by Gasteiger charge is -2.23. The molecule has 1 N–H and O–H groups in total. The zero-order chi connectivity index (χ0) is 11.9. The van der Waals surface area contributed by atoms with Gasteiger partial charge in [-0.3, -0.25) is 0 Å². The highest BCUT2D eigenvalue weighted by Crippen LogP contribution is 2.20. The molecule has 1 aromatic rings. The Morgan fingerprint density at radius 2 is 2.06 bits per heavy atom. The molecule has 0 saturated carbocycles. The molecule has 0 atom stereocenters. The van der Waals surface area contributed by atoms with Crippen LogP contribution >= 0.6 is 0 Å². The van der Waals surface area contributed by atoms with E-state index < -0.39 is 0 Å². The number of hydrogen-bond donors (Lipinski definition) is 1. The molecular weight excluding hydrogens is 212 g/mol. The van der Waals surface area contributed by atoms with Crippen molar-refractivity contribution in [2.45, 2.75) is 19.3 Å². The van der Waals surface area contributed by atoms with E-state index in [1.807, 2.05) is 24.3 Å². The molecule has 0 aromatic heterocycles. The first kappa shape index (κ1) is 11.9. The van der Waals surface area contributed by atoms with Crippen LogP contribution in [0, 0.1) is 17.2 Å². The molecule has 1 aliphatic rings. The summed E-state index contributed by atoms with van der Waals surface area (Å²) in [6.45, 7) is 2.95. The minimum Gasteiger partial charge on any atom is -0.493 e. The molecule has 90 valence electrons. The molecule has 2 rings (SSSR count). The van der Waals surface area contributed by atoms with Gasteiger partial charge >= 0.3 is 0 Å². The number of para-hydroxylation sites is 1. The molecule has 1 heterocycles. The number of ether oxygens (including phenoxy) is 1. The average molecular weight is 230 g/mol. The van der Waals surface area contributed by atoms with Gasteiger partial charge in [-0.05, 0) is 37.9 Å². The summed E-state index contributed by atoms with van der Waals surface area (Å²) in [4.78, 5) is 0. The van der Waals surface area contributed by atoms with Crippen LogP contribution in [0.3, 0.4) is 0 Å². The fourth-order valence-corrected chi connectivity index (χ4v) is 2.13. The summed E-state index contributed by atoms with van der Waals surface area (Å²) in [5.74, 6) is 1.51. The fraction of sp³-hybridized carbons (Fsp3) is 0.500. The molecule has 3 heteroatoms. The normalized spacial score (nSPS) is 16.4. The maximum atomic E-state index is 8.75. The van der Waals surface area contributed by atoms with Crippen LogP contribution in [0.4, 0.5) is 0 Å². The van der Waals surface area contributed by atoms with E-state index in [4.69, 9.17) is 10.00 Å². The highest BCUT2D eigenvalue weighted by Gasteiger charge is 2.14. The Labute approximate surface area is 102 Å². The van der Waals surface area contributed by atoms with Crippen molar-refractivity contribution < 1.29 is 4.74 Å². The molecule has 0 amide bonds. The largest absolute Gasteiger partial charge is 0.493 e. The average Bonchev–Trinajstić information content (AvgIpc) is 2.39. The van der Waals surface area contributed by atoms with Crippen molar-refractivity contribution in [1.29, 1.82) is 5.26 Å². The quantitative estimate of drug-likeness (QED) is 0.861.